The largest absolute Gasteiger partial charge is 0.373 e. The van der Waals surface area contributed by atoms with E-state index in [0.29, 0.717) is 12.0 Å². The van der Waals surface area contributed by atoms with Gasteiger partial charge in [0.15, 0.2) is 0 Å². The second-order valence-corrected chi connectivity index (χ2v) is 6.94. The lowest BCUT2D eigenvalue weighted by Gasteiger charge is -2.15. The quantitative estimate of drug-likeness (QED) is 0.679. The van der Waals surface area contributed by atoms with Crippen molar-refractivity contribution in [2.45, 2.75) is 25.9 Å². The molecule has 2 atom stereocenters. The van der Waals surface area contributed by atoms with Crippen LogP contribution in [0, 0.1) is 5.92 Å². The number of nitrogens with zero attached hydrogens (tertiary/aromatic N) is 2. The fourth-order valence-electron chi connectivity index (χ4n) is 3.73. The van der Waals surface area contributed by atoms with Crippen molar-refractivity contribution in [3.05, 3.63) is 65.5 Å². The van der Waals surface area contributed by atoms with Crippen molar-refractivity contribution in [1.29, 1.82) is 0 Å². The molecule has 3 aromatic rings. The van der Waals surface area contributed by atoms with E-state index in [0.717, 1.165) is 25.0 Å². The van der Waals surface area contributed by atoms with Crippen LogP contribution in [0.4, 0.5) is 0 Å². The molecule has 0 N–H and O–H groups in total. The van der Waals surface area contributed by atoms with Crippen LogP contribution in [0.5, 0.6) is 0 Å². The van der Waals surface area contributed by atoms with Crippen LogP contribution in [0.25, 0.3) is 22.8 Å². The topological polar surface area (TPSA) is 30.4 Å². The number of hydrogen-bond acceptors (Lipinski definition) is 2. The Kier molecular flexibility index (Phi) is 3.10. The summed E-state index contributed by atoms with van der Waals surface area (Å²) in [5.41, 5.74) is 7.53. The monoisotopic (exact) mass is 316 g/mol. The summed E-state index contributed by atoms with van der Waals surface area (Å²) in [5, 5.41) is 0. The van der Waals surface area contributed by atoms with E-state index in [2.05, 4.69) is 59.0 Å². The van der Waals surface area contributed by atoms with E-state index < -0.39 is 0 Å². The van der Waals surface area contributed by atoms with Crippen molar-refractivity contribution in [2.75, 3.05) is 6.61 Å². The van der Waals surface area contributed by atoms with E-state index in [1.54, 1.807) is 0 Å². The molecule has 1 aliphatic heterocycles. The molecule has 0 saturated carbocycles. The highest BCUT2D eigenvalue weighted by Crippen LogP contribution is 2.34. The Morgan fingerprint density at radius 2 is 2.04 bits per heavy atom. The Labute approximate surface area is 141 Å². The number of benzene rings is 1. The highest BCUT2D eigenvalue weighted by atomic mass is 16.6. The second-order valence-electron chi connectivity index (χ2n) is 6.94. The van der Waals surface area contributed by atoms with E-state index in [9.17, 15) is 0 Å². The van der Waals surface area contributed by atoms with Crippen LogP contribution in [-0.4, -0.2) is 22.3 Å². The molecule has 0 bridgehead atoms. The van der Waals surface area contributed by atoms with Crippen molar-refractivity contribution >= 4 is 17.1 Å². The molecule has 0 spiro atoms. The third-order valence-corrected chi connectivity index (χ3v) is 5.03. The maximum atomic E-state index is 5.33. The first kappa shape index (κ1) is 14.0. The normalized spacial score (nSPS) is 21.9. The molecule has 1 aliphatic carbocycles. The van der Waals surface area contributed by atoms with E-state index >= 15 is 0 Å². The zero-order valence-corrected chi connectivity index (χ0v) is 13.8. The van der Waals surface area contributed by atoms with Gasteiger partial charge in [-0.1, -0.05) is 25.1 Å². The third kappa shape index (κ3) is 2.28. The summed E-state index contributed by atoms with van der Waals surface area (Å²) in [6.07, 6.45) is 8.97. The van der Waals surface area contributed by atoms with Gasteiger partial charge in [-0.05, 0) is 48.2 Å². The number of allylic oxidation sites excluding steroid dienone is 1. The number of fused-ring (bicyclic) bond motifs is 3. The van der Waals surface area contributed by atoms with Gasteiger partial charge in [0, 0.05) is 23.9 Å². The molecule has 2 aliphatic rings. The summed E-state index contributed by atoms with van der Waals surface area (Å²) >= 11 is 0. The van der Waals surface area contributed by atoms with Crippen LogP contribution < -0.4 is 0 Å². The van der Waals surface area contributed by atoms with E-state index in [4.69, 9.17) is 4.74 Å². The summed E-state index contributed by atoms with van der Waals surface area (Å²) in [6.45, 7) is 3.17. The molecule has 120 valence electrons. The molecule has 2 aromatic heterocycles. The molecule has 1 saturated heterocycles. The summed E-state index contributed by atoms with van der Waals surface area (Å²) in [7, 11) is 0. The predicted molar refractivity (Wildman–Crippen MR) is 96.4 cm³/mol. The lowest BCUT2D eigenvalue weighted by Crippen LogP contribution is -2.05. The van der Waals surface area contributed by atoms with Crippen LogP contribution in [0.2, 0.25) is 0 Å². The first-order chi connectivity index (χ1) is 11.8. The van der Waals surface area contributed by atoms with Gasteiger partial charge in [0.25, 0.3) is 0 Å². The number of rotatable bonds is 3. The highest BCUT2D eigenvalue weighted by Gasteiger charge is 2.23. The minimum absolute atomic E-state index is 0.435. The molecule has 3 heteroatoms. The van der Waals surface area contributed by atoms with Gasteiger partial charge in [-0.2, -0.15) is 0 Å². The van der Waals surface area contributed by atoms with Gasteiger partial charge in [0.1, 0.15) is 0 Å². The summed E-state index contributed by atoms with van der Waals surface area (Å²) < 4.78 is 7.68. The zero-order valence-electron chi connectivity index (χ0n) is 13.8. The molecule has 0 amide bonds. The molecule has 3 heterocycles. The van der Waals surface area contributed by atoms with E-state index in [1.807, 2.05) is 12.3 Å². The molecule has 1 fully saturated rings. The summed E-state index contributed by atoms with van der Waals surface area (Å²) in [5.74, 6) is 0.569. The van der Waals surface area contributed by atoms with Crippen LogP contribution in [0.1, 0.15) is 23.7 Å². The lowest BCUT2D eigenvalue weighted by atomic mass is 9.94. The minimum atomic E-state index is 0.435. The van der Waals surface area contributed by atoms with Crippen LogP contribution >= 0.6 is 0 Å². The van der Waals surface area contributed by atoms with E-state index in [-0.39, 0.29) is 0 Å². The number of aromatic nitrogens is 2. The summed E-state index contributed by atoms with van der Waals surface area (Å²) in [4.78, 5) is 4.67. The van der Waals surface area contributed by atoms with Crippen molar-refractivity contribution in [2.24, 2.45) is 5.92 Å². The second kappa shape index (κ2) is 5.32. The van der Waals surface area contributed by atoms with Crippen LogP contribution in [-0.2, 0) is 17.6 Å². The predicted octanol–water partition coefficient (Wildman–Crippen LogP) is 4.17. The van der Waals surface area contributed by atoms with Crippen LogP contribution in [0.3, 0.4) is 0 Å². The van der Waals surface area contributed by atoms with Gasteiger partial charge < -0.3 is 9.30 Å². The molecule has 1 aromatic carbocycles. The van der Waals surface area contributed by atoms with Crippen molar-refractivity contribution in [3.8, 4) is 5.69 Å². The van der Waals surface area contributed by atoms with Crippen molar-refractivity contribution in [3.63, 3.8) is 0 Å². The molecule has 0 radical (unpaired) electrons. The fourth-order valence-corrected chi connectivity index (χ4v) is 3.73. The first-order valence-corrected chi connectivity index (χ1v) is 8.67. The standard InChI is InChI=1S/C21H20N2O/c1-14-4-9-19-18(11-14)21-20(3-2-10-22-21)23(19)16-7-5-15(6-8-16)12-17-13-24-17/h2-10,14,17H,11-13H2,1H3. The average Bonchev–Trinajstić information content (AvgIpc) is 3.36. The van der Waals surface area contributed by atoms with Gasteiger partial charge in [0.2, 0.25) is 0 Å². The molecule has 5 rings (SSSR count). The average molecular weight is 316 g/mol. The number of ether oxygens (including phenoxy) is 1. The van der Waals surface area contributed by atoms with Crippen molar-refractivity contribution < 1.29 is 4.74 Å². The van der Waals surface area contributed by atoms with Gasteiger partial charge in [0.05, 0.1) is 29.4 Å². The lowest BCUT2D eigenvalue weighted by molar-refractivity contribution is 0.407. The Bertz CT molecular complexity index is 932. The van der Waals surface area contributed by atoms with Gasteiger partial charge in [-0.25, -0.2) is 0 Å². The summed E-state index contributed by atoms with van der Waals surface area (Å²) in [6, 6.07) is 13.1. The molecule has 3 nitrogen and oxygen atoms in total. The minimum Gasteiger partial charge on any atom is -0.373 e. The maximum Gasteiger partial charge on any atom is 0.0923 e. The Balaban J connectivity index is 1.65. The smallest absolute Gasteiger partial charge is 0.0923 e. The molecule has 2 unspecified atom stereocenters. The van der Waals surface area contributed by atoms with Gasteiger partial charge in [-0.3, -0.25) is 4.98 Å². The fraction of sp³-hybridized carbons (Fsp3) is 0.286. The van der Waals surface area contributed by atoms with Gasteiger partial charge >= 0.3 is 0 Å². The SMILES string of the molecule is CC1C=Cc2c(c3ncccc3n2-c2ccc(CC3CO3)cc2)C1. The number of hydrogen-bond donors (Lipinski definition) is 0. The first-order valence-electron chi connectivity index (χ1n) is 8.67. The molecule has 24 heavy (non-hydrogen) atoms. The highest BCUT2D eigenvalue weighted by molar-refractivity contribution is 5.87. The molecular weight excluding hydrogens is 296 g/mol. The third-order valence-electron chi connectivity index (χ3n) is 5.03. The van der Waals surface area contributed by atoms with Crippen molar-refractivity contribution in [1.82, 2.24) is 9.55 Å². The maximum absolute atomic E-state index is 5.33. The number of epoxide rings is 1. The van der Waals surface area contributed by atoms with Crippen LogP contribution in [0.15, 0.2) is 48.7 Å². The number of pyridine rings is 1. The van der Waals surface area contributed by atoms with Gasteiger partial charge in [-0.15, -0.1) is 0 Å². The Morgan fingerprint density at radius 3 is 2.83 bits per heavy atom. The molecular formula is C21H20N2O. The van der Waals surface area contributed by atoms with E-state index in [1.165, 1.54) is 28.0 Å². The Morgan fingerprint density at radius 1 is 1.21 bits per heavy atom. The zero-order chi connectivity index (χ0) is 16.1. The Hall–Kier alpha value is -2.39.